The van der Waals surface area contributed by atoms with Crippen LogP contribution in [-0.2, 0) is 0 Å². The van der Waals surface area contributed by atoms with Crippen molar-refractivity contribution in [1.29, 1.82) is 0 Å². The molecule has 1 atom stereocenters. The van der Waals surface area contributed by atoms with E-state index >= 15 is 0 Å². The van der Waals surface area contributed by atoms with Gasteiger partial charge in [0.05, 0.1) is 0 Å². The quantitative estimate of drug-likeness (QED) is 0.648. The van der Waals surface area contributed by atoms with Crippen molar-refractivity contribution in [2.24, 2.45) is 5.73 Å². The van der Waals surface area contributed by atoms with Crippen molar-refractivity contribution in [2.75, 3.05) is 13.2 Å². The minimum absolute atomic E-state index is 0.538. The van der Waals surface area contributed by atoms with Crippen LogP contribution in [-0.4, -0.2) is 18.3 Å². The third-order valence-corrected chi connectivity index (χ3v) is 2.25. The van der Waals surface area contributed by atoms with E-state index in [0.717, 1.165) is 11.3 Å². The van der Waals surface area contributed by atoms with Crippen molar-refractivity contribution in [1.82, 2.24) is 0 Å². The average Bonchev–Trinajstić information content (AvgIpc) is 2.16. The van der Waals surface area contributed by atoms with Crippen LogP contribution >= 0.6 is 0 Å². The zero-order chi connectivity index (χ0) is 10.1. The van der Waals surface area contributed by atoms with Gasteiger partial charge in [0.1, 0.15) is 19.4 Å². The number of fused-ring (bicyclic) bond motifs is 1. The molecular formula is C10H13NO3. The van der Waals surface area contributed by atoms with Crippen LogP contribution in [0.15, 0.2) is 12.1 Å². The van der Waals surface area contributed by atoms with Crippen LogP contribution < -0.4 is 15.2 Å². The molecule has 1 heterocycles. The molecule has 1 aromatic rings. The van der Waals surface area contributed by atoms with Crippen molar-refractivity contribution >= 4 is 0 Å². The number of nitrogens with two attached hydrogens (primary N) is 1. The number of rotatable bonds is 1. The van der Waals surface area contributed by atoms with Gasteiger partial charge < -0.3 is 20.3 Å². The Kier molecular flexibility index (Phi) is 2.31. The summed E-state index contributed by atoms with van der Waals surface area (Å²) < 4.78 is 10.8. The van der Waals surface area contributed by atoms with Gasteiger partial charge in [-0.1, -0.05) is 0 Å². The van der Waals surface area contributed by atoms with Gasteiger partial charge in [-0.05, 0) is 24.6 Å². The Bertz CT molecular complexity index is 349. The lowest BCUT2D eigenvalue weighted by Gasteiger charge is -2.21. The summed E-state index contributed by atoms with van der Waals surface area (Å²) in [5.74, 6) is 1.37. The van der Waals surface area contributed by atoms with Crippen molar-refractivity contribution < 1.29 is 14.6 Å². The summed E-state index contributed by atoms with van der Waals surface area (Å²) in [5, 5.41) is 9.29. The maximum Gasteiger partial charge on any atom is 0.161 e. The minimum Gasteiger partial charge on any atom is -0.486 e. The molecule has 2 rings (SSSR count). The Morgan fingerprint density at radius 1 is 1.29 bits per heavy atom. The molecule has 3 N–H and O–H groups in total. The molecule has 0 fully saturated rings. The van der Waals surface area contributed by atoms with Gasteiger partial charge in [-0.2, -0.15) is 0 Å². The third-order valence-electron chi connectivity index (χ3n) is 2.25. The first-order chi connectivity index (χ1) is 6.68. The fraction of sp³-hybridized carbons (Fsp3) is 0.400. The molecule has 0 radical (unpaired) electrons. The van der Waals surface area contributed by atoms with Crippen LogP contribution in [0, 0.1) is 6.92 Å². The smallest absolute Gasteiger partial charge is 0.161 e. The van der Waals surface area contributed by atoms with Gasteiger partial charge in [0.2, 0.25) is 0 Å². The lowest BCUT2D eigenvalue weighted by Crippen LogP contribution is -2.17. The van der Waals surface area contributed by atoms with E-state index in [1.807, 2.05) is 13.0 Å². The van der Waals surface area contributed by atoms with E-state index in [4.69, 9.17) is 15.2 Å². The molecule has 0 aliphatic carbocycles. The first-order valence-corrected chi connectivity index (χ1v) is 4.52. The first kappa shape index (κ1) is 9.30. The number of aryl methyl sites for hydroxylation is 1. The molecule has 1 unspecified atom stereocenters. The summed E-state index contributed by atoms with van der Waals surface area (Å²) in [7, 11) is 0. The lowest BCUT2D eigenvalue weighted by atomic mass is 10.1. The Morgan fingerprint density at radius 3 is 2.43 bits per heavy atom. The van der Waals surface area contributed by atoms with Crippen LogP contribution in [0.5, 0.6) is 11.5 Å². The summed E-state index contributed by atoms with van der Waals surface area (Å²) in [6, 6.07) is 3.56. The molecule has 0 bridgehead atoms. The molecule has 1 aromatic carbocycles. The highest BCUT2D eigenvalue weighted by molar-refractivity contribution is 5.48. The molecule has 4 nitrogen and oxygen atoms in total. The number of aliphatic hydroxyl groups is 1. The van der Waals surface area contributed by atoms with Gasteiger partial charge >= 0.3 is 0 Å². The fourth-order valence-electron chi connectivity index (χ4n) is 1.52. The Balaban J connectivity index is 2.45. The molecule has 76 valence electrons. The van der Waals surface area contributed by atoms with Crippen molar-refractivity contribution in [3.8, 4) is 11.5 Å². The predicted molar refractivity (Wildman–Crippen MR) is 51.3 cm³/mol. The molecule has 1 aliphatic heterocycles. The molecule has 0 amide bonds. The maximum atomic E-state index is 9.29. The summed E-state index contributed by atoms with van der Waals surface area (Å²) >= 11 is 0. The Hall–Kier alpha value is -1.26. The molecule has 4 heteroatoms. The normalized spacial score (nSPS) is 16.5. The van der Waals surface area contributed by atoms with Crippen LogP contribution in [0.25, 0.3) is 0 Å². The second kappa shape index (κ2) is 3.48. The summed E-state index contributed by atoms with van der Waals surface area (Å²) in [6.45, 7) is 2.98. The molecule has 0 spiro atoms. The van der Waals surface area contributed by atoms with E-state index in [-0.39, 0.29) is 0 Å². The van der Waals surface area contributed by atoms with Gasteiger partial charge in [-0.25, -0.2) is 0 Å². The molecule has 14 heavy (non-hydrogen) atoms. The van der Waals surface area contributed by atoms with Crippen LogP contribution in [0.1, 0.15) is 17.4 Å². The summed E-state index contributed by atoms with van der Waals surface area (Å²) in [6.07, 6.45) is -0.967. The van der Waals surface area contributed by atoms with Gasteiger partial charge in [0.25, 0.3) is 0 Å². The molecule has 0 saturated heterocycles. The van der Waals surface area contributed by atoms with Crippen molar-refractivity contribution in [3.05, 3.63) is 23.3 Å². The lowest BCUT2D eigenvalue weighted by molar-refractivity contribution is 0.166. The fourth-order valence-corrected chi connectivity index (χ4v) is 1.52. The molecular weight excluding hydrogens is 182 g/mol. The van der Waals surface area contributed by atoms with Gasteiger partial charge in [-0.3, -0.25) is 0 Å². The zero-order valence-electron chi connectivity index (χ0n) is 7.99. The van der Waals surface area contributed by atoms with Crippen LogP contribution in [0.3, 0.4) is 0 Å². The van der Waals surface area contributed by atoms with Gasteiger partial charge in [0, 0.05) is 5.56 Å². The number of aliphatic hydroxyl groups excluding tert-OH is 1. The predicted octanol–water partition coefficient (Wildman–Crippen LogP) is 0.716. The monoisotopic (exact) mass is 195 g/mol. The first-order valence-electron chi connectivity index (χ1n) is 4.52. The second-order valence-electron chi connectivity index (χ2n) is 3.30. The topological polar surface area (TPSA) is 64.7 Å². The van der Waals surface area contributed by atoms with Crippen molar-refractivity contribution in [2.45, 2.75) is 13.2 Å². The second-order valence-corrected chi connectivity index (χ2v) is 3.30. The standard InChI is InChI=1S/C10H13NO3/c1-6-4-8-9(14-3-2-13-8)5-7(6)10(11)12/h4-5,10,12H,2-3,11H2,1H3. The summed E-state index contributed by atoms with van der Waals surface area (Å²) in [4.78, 5) is 0. The van der Waals surface area contributed by atoms with Crippen molar-refractivity contribution in [3.63, 3.8) is 0 Å². The largest absolute Gasteiger partial charge is 0.486 e. The zero-order valence-corrected chi connectivity index (χ0v) is 7.99. The molecule has 1 aliphatic rings. The van der Waals surface area contributed by atoms with E-state index in [1.54, 1.807) is 6.07 Å². The van der Waals surface area contributed by atoms with E-state index < -0.39 is 6.23 Å². The Labute approximate surface area is 82.2 Å². The Morgan fingerprint density at radius 2 is 1.86 bits per heavy atom. The van der Waals surface area contributed by atoms with Crippen LogP contribution in [0.4, 0.5) is 0 Å². The third kappa shape index (κ3) is 1.54. The van der Waals surface area contributed by atoms with Gasteiger partial charge in [-0.15, -0.1) is 0 Å². The number of hydrogen-bond donors (Lipinski definition) is 2. The highest BCUT2D eigenvalue weighted by atomic mass is 16.6. The molecule has 0 saturated carbocycles. The number of hydrogen-bond acceptors (Lipinski definition) is 4. The van der Waals surface area contributed by atoms with E-state index in [9.17, 15) is 5.11 Å². The maximum absolute atomic E-state index is 9.29. The SMILES string of the molecule is Cc1cc2c(cc1C(N)O)OCCO2. The van der Waals surface area contributed by atoms with E-state index in [1.165, 1.54) is 0 Å². The number of benzene rings is 1. The minimum atomic E-state index is -0.967. The highest BCUT2D eigenvalue weighted by Crippen LogP contribution is 2.34. The highest BCUT2D eigenvalue weighted by Gasteiger charge is 2.15. The summed E-state index contributed by atoms with van der Waals surface area (Å²) in [5.41, 5.74) is 6.99. The van der Waals surface area contributed by atoms with E-state index in [0.29, 0.717) is 24.5 Å². The molecule has 0 aromatic heterocycles. The van der Waals surface area contributed by atoms with E-state index in [2.05, 4.69) is 0 Å². The number of ether oxygens (including phenoxy) is 2. The van der Waals surface area contributed by atoms with Gasteiger partial charge in [0.15, 0.2) is 11.5 Å². The van der Waals surface area contributed by atoms with Crippen LogP contribution in [0.2, 0.25) is 0 Å². The average molecular weight is 195 g/mol.